The zero-order valence-corrected chi connectivity index (χ0v) is 17.5. The van der Waals surface area contributed by atoms with E-state index in [1.165, 1.54) is 45.6 Å². The Morgan fingerprint density at radius 3 is 2.56 bits per heavy atom. The SMILES string of the molecule is O=C(CSCc1ccc(Cl)s1)N1CCN(S(=O)(=O)c2cccc(F)c2)CC1. The number of halogens is 2. The second-order valence-corrected chi connectivity index (χ2v) is 10.7. The lowest BCUT2D eigenvalue weighted by molar-refractivity contribution is -0.129. The Balaban J connectivity index is 1.50. The quantitative estimate of drug-likeness (QED) is 0.680. The smallest absolute Gasteiger partial charge is 0.243 e. The van der Waals surface area contributed by atoms with E-state index in [1.54, 1.807) is 4.90 Å². The van der Waals surface area contributed by atoms with Crippen LogP contribution in [-0.4, -0.2) is 55.5 Å². The maximum Gasteiger partial charge on any atom is 0.243 e. The molecule has 1 aromatic carbocycles. The van der Waals surface area contributed by atoms with Gasteiger partial charge in [-0.2, -0.15) is 4.31 Å². The molecule has 1 aromatic heterocycles. The first-order chi connectivity index (χ1) is 12.9. The molecular formula is C17H18ClFN2O3S3. The van der Waals surface area contributed by atoms with Crippen molar-refractivity contribution in [2.24, 2.45) is 0 Å². The monoisotopic (exact) mass is 448 g/mol. The summed E-state index contributed by atoms with van der Waals surface area (Å²) in [5.74, 6) is 0.461. The lowest BCUT2D eigenvalue weighted by atomic mass is 10.3. The zero-order valence-electron chi connectivity index (χ0n) is 14.3. The van der Waals surface area contributed by atoms with Crippen molar-refractivity contribution in [3.05, 3.63) is 51.4 Å². The van der Waals surface area contributed by atoms with Gasteiger partial charge in [0.15, 0.2) is 0 Å². The minimum Gasteiger partial charge on any atom is -0.339 e. The van der Waals surface area contributed by atoms with Crippen molar-refractivity contribution in [1.29, 1.82) is 0 Å². The van der Waals surface area contributed by atoms with Crippen LogP contribution in [0.15, 0.2) is 41.3 Å². The third-order valence-electron chi connectivity index (χ3n) is 4.12. The highest BCUT2D eigenvalue weighted by atomic mass is 35.5. The third-order valence-corrected chi connectivity index (χ3v) is 8.40. The number of rotatable bonds is 6. The first-order valence-corrected chi connectivity index (χ1v) is 12.0. The van der Waals surface area contributed by atoms with Gasteiger partial charge < -0.3 is 4.90 Å². The van der Waals surface area contributed by atoms with Crippen LogP contribution < -0.4 is 0 Å². The van der Waals surface area contributed by atoms with E-state index < -0.39 is 15.8 Å². The van der Waals surface area contributed by atoms with Crippen LogP contribution in [-0.2, 0) is 20.6 Å². The molecule has 1 saturated heterocycles. The standard InChI is InChI=1S/C17H18ClFN2O3S3/c18-16-5-4-14(26-16)11-25-12-17(22)20-6-8-21(9-7-20)27(23,24)15-3-1-2-13(19)10-15/h1-5,10H,6-9,11-12H2. The maximum absolute atomic E-state index is 13.3. The van der Waals surface area contributed by atoms with Gasteiger partial charge in [-0.15, -0.1) is 23.1 Å². The Hall–Kier alpha value is -1.13. The highest BCUT2D eigenvalue weighted by Crippen LogP contribution is 2.25. The Labute approximate surface area is 171 Å². The van der Waals surface area contributed by atoms with E-state index in [1.807, 2.05) is 12.1 Å². The van der Waals surface area contributed by atoms with Crippen LogP contribution >= 0.6 is 34.7 Å². The number of carbonyl (C=O) groups excluding carboxylic acids is 1. The van der Waals surface area contributed by atoms with E-state index in [0.29, 0.717) is 18.8 Å². The second-order valence-electron chi connectivity index (χ2n) is 5.94. The highest BCUT2D eigenvalue weighted by molar-refractivity contribution is 7.99. The second kappa shape index (κ2) is 8.91. The summed E-state index contributed by atoms with van der Waals surface area (Å²) in [4.78, 5) is 15.1. The lowest BCUT2D eigenvalue weighted by Gasteiger charge is -2.34. The fraction of sp³-hybridized carbons (Fsp3) is 0.353. The van der Waals surface area contributed by atoms with E-state index in [-0.39, 0.29) is 23.9 Å². The first kappa shape index (κ1) is 20.6. The summed E-state index contributed by atoms with van der Waals surface area (Å²) in [7, 11) is -3.75. The van der Waals surface area contributed by atoms with Crippen molar-refractivity contribution in [1.82, 2.24) is 9.21 Å². The average Bonchev–Trinajstić information content (AvgIpc) is 3.07. The number of benzene rings is 1. The van der Waals surface area contributed by atoms with Crippen LogP contribution in [0.25, 0.3) is 0 Å². The summed E-state index contributed by atoms with van der Waals surface area (Å²) in [6.45, 7) is 1.07. The lowest BCUT2D eigenvalue weighted by Crippen LogP contribution is -2.51. The summed E-state index contributed by atoms with van der Waals surface area (Å²) in [6, 6.07) is 8.75. The summed E-state index contributed by atoms with van der Waals surface area (Å²) >= 11 is 8.90. The average molecular weight is 449 g/mol. The van der Waals surface area contributed by atoms with E-state index in [2.05, 4.69) is 0 Å². The van der Waals surface area contributed by atoms with Crippen LogP contribution in [0.2, 0.25) is 4.34 Å². The van der Waals surface area contributed by atoms with Crippen molar-refractivity contribution in [3.8, 4) is 0 Å². The number of sulfonamides is 1. The van der Waals surface area contributed by atoms with Gasteiger partial charge in [0.25, 0.3) is 0 Å². The molecule has 2 heterocycles. The molecule has 1 fully saturated rings. The maximum atomic E-state index is 13.3. The number of piperazine rings is 1. The van der Waals surface area contributed by atoms with Crippen molar-refractivity contribution in [2.45, 2.75) is 10.6 Å². The number of amides is 1. The van der Waals surface area contributed by atoms with Gasteiger partial charge in [0.05, 0.1) is 15.0 Å². The number of carbonyl (C=O) groups is 1. The minimum atomic E-state index is -3.75. The molecule has 0 spiro atoms. The Bertz CT molecular complexity index is 912. The highest BCUT2D eigenvalue weighted by Gasteiger charge is 2.30. The molecular weight excluding hydrogens is 431 g/mol. The molecule has 5 nitrogen and oxygen atoms in total. The number of nitrogens with zero attached hydrogens (tertiary/aromatic N) is 2. The topological polar surface area (TPSA) is 57.7 Å². The molecule has 0 bridgehead atoms. The van der Waals surface area contributed by atoms with Gasteiger partial charge in [0.1, 0.15) is 5.82 Å². The number of hydrogen-bond acceptors (Lipinski definition) is 5. The van der Waals surface area contributed by atoms with Crippen molar-refractivity contribution in [2.75, 3.05) is 31.9 Å². The summed E-state index contributed by atoms with van der Waals surface area (Å²) in [5, 5.41) is 0. The molecule has 146 valence electrons. The molecule has 27 heavy (non-hydrogen) atoms. The predicted octanol–water partition coefficient (Wildman–Crippen LogP) is 3.31. The van der Waals surface area contributed by atoms with E-state index >= 15 is 0 Å². The van der Waals surface area contributed by atoms with Crippen LogP contribution in [0.3, 0.4) is 0 Å². The molecule has 0 atom stereocenters. The van der Waals surface area contributed by atoms with Crippen LogP contribution in [0.1, 0.15) is 4.88 Å². The predicted molar refractivity (Wildman–Crippen MR) is 107 cm³/mol. The molecule has 0 unspecified atom stereocenters. The molecule has 2 aromatic rings. The molecule has 3 rings (SSSR count). The van der Waals surface area contributed by atoms with Crippen molar-refractivity contribution >= 4 is 50.6 Å². The molecule has 1 amide bonds. The Kier molecular flexibility index (Phi) is 6.80. The van der Waals surface area contributed by atoms with E-state index in [0.717, 1.165) is 21.0 Å². The molecule has 0 radical (unpaired) electrons. The molecule has 0 saturated carbocycles. The Morgan fingerprint density at radius 1 is 1.19 bits per heavy atom. The fourth-order valence-electron chi connectivity index (χ4n) is 2.71. The van der Waals surface area contributed by atoms with Gasteiger partial charge in [0, 0.05) is 36.8 Å². The van der Waals surface area contributed by atoms with Gasteiger partial charge in [-0.25, -0.2) is 12.8 Å². The molecule has 0 N–H and O–H groups in total. The first-order valence-electron chi connectivity index (χ1n) is 8.22. The Morgan fingerprint density at radius 2 is 1.93 bits per heavy atom. The van der Waals surface area contributed by atoms with Gasteiger partial charge in [0.2, 0.25) is 15.9 Å². The van der Waals surface area contributed by atoms with Crippen molar-refractivity contribution < 1.29 is 17.6 Å². The fourth-order valence-corrected chi connectivity index (χ4v) is 6.29. The molecule has 0 aliphatic carbocycles. The number of thioether (sulfide) groups is 1. The zero-order chi connectivity index (χ0) is 19.4. The summed E-state index contributed by atoms with van der Waals surface area (Å²) in [5.41, 5.74) is 0. The number of thiophene rings is 1. The van der Waals surface area contributed by atoms with E-state index in [4.69, 9.17) is 11.6 Å². The normalized spacial score (nSPS) is 15.9. The van der Waals surface area contributed by atoms with E-state index in [9.17, 15) is 17.6 Å². The molecule has 1 aliphatic heterocycles. The number of hydrogen-bond donors (Lipinski definition) is 0. The largest absolute Gasteiger partial charge is 0.339 e. The van der Waals surface area contributed by atoms with Crippen LogP contribution in [0.4, 0.5) is 4.39 Å². The summed E-state index contributed by atoms with van der Waals surface area (Å²) < 4.78 is 40.5. The molecule has 10 heteroatoms. The van der Waals surface area contributed by atoms with Gasteiger partial charge in [-0.3, -0.25) is 4.79 Å². The van der Waals surface area contributed by atoms with Crippen molar-refractivity contribution in [3.63, 3.8) is 0 Å². The van der Waals surface area contributed by atoms with Gasteiger partial charge in [-0.1, -0.05) is 17.7 Å². The van der Waals surface area contributed by atoms with Gasteiger partial charge >= 0.3 is 0 Å². The minimum absolute atomic E-state index is 0.00884. The molecule has 1 aliphatic rings. The van der Waals surface area contributed by atoms with Gasteiger partial charge in [-0.05, 0) is 30.3 Å². The van der Waals surface area contributed by atoms with Crippen LogP contribution in [0, 0.1) is 5.82 Å². The third kappa shape index (κ3) is 5.23. The van der Waals surface area contributed by atoms with Crippen LogP contribution in [0.5, 0.6) is 0 Å². The summed E-state index contributed by atoms with van der Waals surface area (Å²) in [6.07, 6.45) is 0.